The van der Waals surface area contributed by atoms with Crippen molar-refractivity contribution in [3.8, 4) is 0 Å². The summed E-state index contributed by atoms with van der Waals surface area (Å²) in [5.74, 6) is 1.07. The number of carbonyl (C=O) groups is 1. The molecule has 0 N–H and O–H groups in total. The number of hydrogen-bond donors (Lipinski definition) is 0. The van der Waals surface area contributed by atoms with E-state index in [9.17, 15) is 4.79 Å². The molecule has 1 aromatic carbocycles. The Morgan fingerprint density at radius 3 is 3.00 bits per heavy atom. The topological polar surface area (TPSA) is 20.3 Å². The first kappa shape index (κ1) is 14.2. The average molecular weight is 368 g/mol. The van der Waals surface area contributed by atoms with Gasteiger partial charge in [-0.3, -0.25) is 4.79 Å². The summed E-state index contributed by atoms with van der Waals surface area (Å²) in [5.41, 5.74) is 2.36. The van der Waals surface area contributed by atoms with Crippen LogP contribution in [0.1, 0.15) is 17.0 Å². The molecule has 0 radical (unpaired) electrons. The van der Waals surface area contributed by atoms with Gasteiger partial charge >= 0.3 is 0 Å². The number of halogens is 1. The van der Waals surface area contributed by atoms with E-state index in [1.807, 2.05) is 24.1 Å². The van der Waals surface area contributed by atoms with E-state index in [1.54, 1.807) is 23.1 Å². The molecule has 1 aliphatic rings. The molecule has 0 saturated carbocycles. The number of hydrogen-bond acceptors (Lipinski definition) is 3. The zero-order valence-corrected chi connectivity index (χ0v) is 14.2. The van der Waals surface area contributed by atoms with Crippen molar-refractivity contribution in [1.29, 1.82) is 0 Å². The predicted octanol–water partition coefficient (Wildman–Crippen LogP) is 4.36. The van der Waals surface area contributed by atoms with Crippen LogP contribution in [0.2, 0.25) is 0 Å². The van der Waals surface area contributed by atoms with Gasteiger partial charge in [0.15, 0.2) is 0 Å². The van der Waals surface area contributed by atoms with Gasteiger partial charge in [0.05, 0.1) is 9.70 Å². The quantitative estimate of drug-likeness (QED) is 0.803. The third-order valence-corrected chi connectivity index (χ3v) is 6.15. The van der Waals surface area contributed by atoms with E-state index in [0.717, 1.165) is 9.54 Å². The summed E-state index contributed by atoms with van der Waals surface area (Å²) in [6.07, 6.45) is 0. The summed E-state index contributed by atoms with van der Waals surface area (Å²) in [6.45, 7) is 0.671. The lowest BCUT2D eigenvalue weighted by molar-refractivity contribution is -0.131. The van der Waals surface area contributed by atoms with Crippen molar-refractivity contribution in [2.45, 2.75) is 17.4 Å². The van der Waals surface area contributed by atoms with Gasteiger partial charge in [-0.1, -0.05) is 18.2 Å². The highest BCUT2D eigenvalue weighted by atomic mass is 79.9. The SMILES string of the molecule is CN(Cc1csc(Br)c1)C(=O)C1CSc2ccccc21. The molecule has 0 fully saturated rings. The van der Waals surface area contributed by atoms with E-state index < -0.39 is 0 Å². The van der Waals surface area contributed by atoms with Crippen LogP contribution >= 0.6 is 39.0 Å². The lowest BCUT2D eigenvalue weighted by Crippen LogP contribution is -2.31. The lowest BCUT2D eigenvalue weighted by atomic mass is 10.00. The van der Waals surface area contributed by atoms with Crippen LogP contribution in [0.25, 0.3) is 0 Å². The Morgan fingerprint density at radius 1 is 1.45 bits per heavy atom. The van der Waals surface area contributed by atoms with Gasteiger partial charge in [-0.05, 0) is 44.6 Å². The van der Waals surface area contributed by atoms with Crippen LogP contribution in [0.5, 0.6) is 0 Å². The van der Waals surface area contributed by atoms with Gasteiger partial charge in [-0.15, -0.1) is 23.1 Å². The largest absolute Gasteiger partial charge is 0.341 e. The molecule has 1 atom stereocenters. The zero-order chi connectivity index (χ0) is 14.1. The summed E-state index contributed by atoms with van der Waals surface area (Å²) < 4.78 is 1.11. The second-order valence-corrected chi connectivity index (χ2v) is 8.21. The van der Waals surface area contributed by atoms with Crippen molar-refractivity contribution in [2.24, 2.45) is 0 Å². The molecule has 2 nitrogen and oxygen atoms in total. The number of likely N-dealkylation sites (N-methyl/N-ethyl adjacent to an activating group) is 1. The number of thioether (sulfide) groups is 1. The minimum absolute atomic E-state index is 0.00303. The zero-order valence-electron chi connectivity index (χ0n) is 11.0. The fraction of sp³-hybridized carbons (Fsp3) is 0.267. The number of fused-ring (bicyclic) bond motifs is 1. The Hall–Kier alpha value is -0.780. The Kier molecular flexibility index (Phi) is 4.19. The molecule has 1 unspecified atom stereocenters. The van der Waals surface area contributed by atoms with Crippen LogP contribution in [0.4, 0.5) is 0 Å². The van der Waals surface area contributed by atoms with Gasteiger partial charge < -0.3 is 4.90 Å². The first-order valence-electron chi connectivity index (χ1n) is 6.35. The van der Waals surface area contributed by atoms with E-state index in [1.165, 1.54) is 16.0 Å². The summed E-state index contributed by atoms with van der Waals surface area (Å²) in [6, 6.07) is 10.3. The number of rotatable bonds is 3. The Morgan fingerprint density at radius 2 is 2.25 bits per heavy atom. The second-order valence-electron chi connectivity index (χ2n) is 4.85. The Balaban J connectivity index is 1.73. The maximum absolute atomic E-state index is 12.6. The minimum atomic E-state index is 0.00303. The molecule has 0 bridgehead atoms. The first-order chi connectivity index (χ1) is 9.65. The molecule has 20 heavy (non-hydrogen) atoms. The number of nitrogens with zero attached hydrogens (tertiary/aromatic N) is 1. The van der Waals surface area contributed by atoms with Gasteiger partial charge in [-0.25, -0.2) is 0 Å². The van der Waals surface area contributed by atoms with Crippen molar-refractivity contribution < 1.29 is 4.79 Å². The van der Waals surface area contributed by atoms with Crippen molar-refractivity contribution in [3.63, 3.8) is 0 Å². The van der Waals surface area contributed by atoms with E-state index in [4.69, 9.17) is 0 Å². The first-order valence-corrected chi connectivity index (χ1v) is 9.00. The maximum Gasteiger partial charge on any atom is 0.231 e. The average Bonchev–Trinajstić information content (AvgIpc) is 3.04. The Bertz CT molecular complexity index is 640. The smallest absolute Gasteiger partial charge is 0.231 e. The van der Waals surface area contributed by atoms with E-state index >= 15 is 0 Å². The molecule has 0 spiro atoms. The summed E-state index contributed by atoms with van der Waals surface area (Å²) >= 11 is 6.89. The molecule has 1 aliphatic heterocycles. The highest BCUT2D eigenvalue weighted by molar-refractivity contribution is 9.11. The van der Waals surface area contributed by atoms with Crippen molar-refractivity contribution in [3.05, 3.63) is 50.6 Å². The van der Waals surface area contributed by atoms with E-state index in [-0.39, 0.29) is 11.8 Å². The number of amides is 1. The molecule has 1 aromatic heterocycles. The minimum Gasteiger partial charge on any atom is -0.341 e. The summed E-state index contributed by atoms with van der Waals surface area (Å²) in [5, 5.41) is 2.09. The molecule has 5 heteroatoms. The normalized spacial score (nSPS) is 17.0. The molecule has 3 rings (SSSR count). The van der Waals surface area contributed by atoms with Gasteiger partial charge in [0, 0.05) is 24.2 Å². The fourth-order valence-electron chi connectivity index (χ4n) is 2.41. The van der Waals surface area contributed by atoms with Crippen LogP contribution in [0.15, 0.2) is 44.4 Å². The van der Waals surface area contributed by atoms with E-state index in [0.29, 0.717) is 6.54 Å². The van der Waals surface area contributed by atoms with Crippen LogP contribution in [0.3, 0.4) is 0 Å². The van der Waals surface area contributed by atoms with Crippen molar-refractivity contribution in [2.75, 3.05) is 12.8 Å². The molecule has 2 heterocycles. The number of thiophene rings is 1. The van der Waals surface area contributed by atoms with Crippen LogP contribution in [-0.4, -0.2) is 23.6 Å². The molecule has 104 valence electrons. The van der Waals surface area contributed by atoms with Gasteiger partial charge in [0.2, 0.25) is 5.91 Å². The molecule has 2 aromatic rings. The Labute approximate surface area is 135 Å². The molecule has 0 saturated heterocycles. The highest BCUT2D eigenvalue weighted by Gasteiger charge is 2.30. The van der Waals surface area contributed by atoms with E-state index in [2.05, 4.69) is 39.5 Å². The van der Waals surface area contributed by atoms with Crippen molar-refractivity contribution >= 4 is 44.9 Å². The van der Waals surface area contributed by atoms with Crippen LogP contribution in [0, 0.1) is 0 Å². The molecule has 0 aliphatic carbocycles. The van der Waals surface area contributed by atoms with Crippen LogP contribution < -0.4 is 0 Å². The molecule has 1 amide bonds. The monoisotopic (exact) mass is 367 g/mol. The van der Waals surface area contributed by atoms with Gasteiger partial charge in [0.1, 0.15) is 0 Å². The number of carbonyl (C=O) groups excluding carboxylic acids is 1. The molecular weight excluding hydrogens is 354 g/mol. The summed E-state index contributed by atoms with van der Waals surface area (Å²) in [4.78, 5) is 15.7. The summed E-state index contributed by atoms with van der Waals surface area (Å²) in [7, 11) is 1.89. The fourth-order valence-corrected chi connectivity index (χ4v) is 4.83. The maximum atomic E-state index is 12.6. The van der Waals surface area contributed by atoms with Gasteiger partial charge in [-0.2, -0.15) is 0 Å². The standard InChI is InChI=1S/C15H14BrNOS2/c1-17(7-10-6-14(16)20-8-10)15(18)12-9-19-13-5-3-2-4-11(12)13/h2-6,8,12H,7,9H2,1H3. The third-order valence-electron chi connectivity index (χ3n) is 3.42. The predicted molar refractivity (Wildman–Crippen MR) is 88.4 cm³/mol. The highest BCUT2D eigenvalue weighted by Crippen LogP contribution is 2.40. The van der Waals surface area contributed by atoms with Crippen LogP contribution in [-0.2, 0) is 11.3 Å². The number of benzene rings is 1. The van der Waals surface area contributed by atoms with Gasteiger partial charge in [0.25, 0.3) is 0 Å². The van der Waals surface area contributed by atoms with Crippen molar-refractivity contribution in [1.82, 2.24) is 4.90 Å². The third kappa shape index (κ3) is 2.80. The molecular formula is C15H14BrNOS2. The second kappa shape index (κ2) is 5.92. The lowest BCUT2D eigenvalue weighted by Gasteiger charge is -2.20.